The van der Waals surface area contributed by atoms with E-state index in [2.05, 4.69) is 4.98 Å². The Morgan fingerprint density at radius 3 is 2.88 bits per heavy atom. The molecule has 0 bridgehead atoms. The number of rotatable bonds is 2. The molecule has 1 amide bonds. The van der Waals surface area contributed by atoms with Gasteiger partial charge < -0.3 is 10.6 Å². The zero-order valence-electron chi connectivity index (χ0n) is 10.6. The second-order valence-corrected chi connectivity index (χ2v) is 6.17. The van der Waals surface area contributed by atoms with E-state index in [9.17, 15) is 4.79 Å². The van der Waals surface area contributed by atoms with Crippen molar-refractivity contribution in [2.45, 2.75) is 39.8 Å². The number of carbonyl (C=O) groups excluding carboxylic acids is 1. The van der Waals surface area contributed by atoms with Gasteiger partial charge in [-0.3, -0.25) is 4.79 Å². The second kappa shape index (κ2) is 4.74. The number of carbonyl (C=O) groups is 1. The van der Waals surface area contributed by atoms with E-state index in [1.807, 2.05) is 25.7 Å². The van der Waals surface area contributed by atoms with Crippen LogP contribution in [0, 0.1) is 12.8 Å². The quantitative estimate of drug-likeness (QED) is 0.864. The van der Waals surface area contributed by atoms with E-state index in [4.69, 9.17) is 5.73 Å². The van der Waals surface area contributed by atoms with Gasteiger partial charge in [0.2, 0.25) is 5.91 Å². The van der Waals surface area contributed by atoms with Gasteiger partial charge in [0, 0.05) is 17.8 Å². The van der Waals surface area contributed by atoms with Crippen molar-refractivity contribution in [3.8, 4) is 0 Å². The maximum absolute atomic E-state index is 12.1. The van der Waals surface area contributed by atoms with Crippen LogP contribution >= 0.6 is 11.3 Å². The number of fused-ring (bicyclic) bond motifs is 1. The molecule has 0 spiro atoms. The van der Waals surface area contributed by atoms with Gasteiger partial charge in [0.15, 0.2) is 0 Å². The van der Waals surface area contributed by atoms with E-state index in [1.165, 1.54) is 4.88 Å². The van der Waals surface area contributed by atoms with Crippen LogP contribution in [0.25, 0.3) is 0 Å². The first-order valence-corrected chi connectivity index (χ1v) is 6.80. The minimum atomic E-state index is -0.384. The molecule has 1 aliphatic rings. The van der Waals surface area contributed by atoms with Crippen molar-refractivity contribution in [2.75, 3.05) is 6.54 Å². The minimum Gasteiger partial charge on any atom is -0.336 e. The summed E-state index contributed by atoms with van der Waals surface area (Å²) in [4.78, 5) is 19.7. The van der Waals surface area contributed by atoms with Gasteiger partial charge >= 0.3 is 0 Å². The van der Waals surface area contributed by atoms with Gasteiger partial charge in [-0.05, 0) is 12.8 Å². The molecule has 1 aromatic rings. The number of amides is 1. The molecule has 1 aromatic heterocycles. The Balaban J connectivity index is 2.09. The summed E-state index contributed by atoms with van der Waals surface area (Å²) in [6, 6.07) is -0.384. The van der Waals surface area contributed by atoms with Crippen molar-refractivity contribution in [2.24, 2.45) is 11.7 Å². The molecule has 2 N–H and O–H groups in total. The van der Waals surface area contributed by atoms with E-state index in [1.54, 1.807) is 11.3 Å². The highest BCUT2D eigenvalue weighted by Gasteiger charge is 2.28. The lowest BCUT2D eigenvalue weighted by Crippen LogP contribution is -2.47. The van der Waals surface area contributed by atoms with Crippen LogP contribution in [0.3, 0.4) is 0 Å². The molecule has 94 valence electrons. The molecular weight excluding hydrogens is 234 g/mol. The summed E-state index contributed by atoms with van der Waals surface area (Å²) >= 11 is 1.69. The molecule has 1 aliphatic heterocycles. The fraction of sp³-hybridized carbons (Fsp3) is 0.667. The van der Waals surface area contributed by atoms with Crippen LogP contribution in [0.2, 0.25) is 0 Å². The van der Waals surface area contributed by atoms with Gasteiger partial charge in [-0.1, -0.05) is 13.8 Å². The van der Waals surface area contributed by atoms with Crippen molar-refractivity contribution < 1.29 is 4.79 Å². The molecule has 0 aromatic carbocycles. The first-order valence-electron chi connectivity index (χ1n) is 5.98. The first kappa shape index (κ1) is 12.5. The average Bonchev–Trinajstić information content (AvgIpc) is 2.65. The lowest BCUT2D eigenvalue weighted by Gasteiger charge is -2.29. The molecule has 0 saturated heterocycles. The number of aromatic nitrogens is 1. The van der Waals surface area contributed by atoms with Gasteiger partial charge in [-0.2, -0.15) is 0 Å². The Morgan fingerprint density at radius 2 is 2.24 bits per heavy atom. The predicted octanol–water partition coefficient (Wildman–Crippen LogP) is 1.32. The van der Waals surface area contributed by atoms with E-state index >= 15 is 0 Å². The highest BCUT2D eigenvalue weighted by atomic mass is 32.1. The summed E-state index contributed by atoms with van der Waals surface area (Å²) in [6.07, 6.45) is 0.857. The zero-order chi connectivity index (χ0) is 12.6. The SMILES string of the molecule is Cc1nc2c(s1)CN(C(=O)C(N)C(C)C)CC2. The molecule has 0 saturated carbocycles. The monoisotopic (exact) mass is 253 g/mol. The van der Waals surface area contributed by atoms with Gasteiger partial charge in [0.1, 0.15) is 0 Å². The molecule has 0 aliphatic carbocycles. The molecular formula is C12H19N3OS. The maximum Gasteiger partial charge on any atom is 0.240 e. The van der Waals surface area contributed by atoms with Gasteiger partial charge in [0.05, 0.1) is 23.3 Å². The highest BCUT2D eigenvalue weighted by Crippen LogP contribution is 2.25. The third-order valence-electron chi connectivity index (χ3n) is 3.15. The summed E-state index contributed by atoms with van der Waals surface area (Å²) in [5.41, 5.74) is 7.07. The predicted molar refractivity (Wildman–Crippen MR) is 68.8 cm³/mol. The smallest absolute Gasteiger partial charge is 0.240 e. The number of thiazole rings is 1. The van der Waals surface area contributed by atoms with Crippen LogP contribution in [-0.4, -0.2) is 28.4 Å². The molecule has 4 nitrogen and oxygen atoms in total. The first-order chi connectivity index (χ1) is 7.99. The normalized spacial score (nSPS) is 17.1. The van der Waals surface area contributed by atoms with Crippen LogP contribution < -0.4 is 5.73 Å². The van der Waals surface area contributed by atoms with E-state index in [0.717, 1.165) is 23.7 Å². The van der Waals surface area contributed by atoms with Crippen molar-refractivity contribution in [1.82, 2.24) is 9.88 Å². The second-order valence-electron chi connectivity index (χ2n) is 4.88. The Kier molecular flexibility index (Phi) is 3.49. The van der Waals surface area contributed by atoms with Crippen LogP contribution in [0.5, 0.6) is 0 Å². The highest BCUT2D eigenvalue weighted by molar-refractivity contribution is 7.11. The Morgan fingerprint density at radius 1 is 1.53 bits per heavy atom. The van der Waals surface area contributed by atoms with Crippen molar-refractivity contribution in [3.63, 3.8) is 0 Å². The molecule has 1 unspecified atom stereocenters. The summed E-state index contributed by atoms with van der Waals surface area (Å²) in [5.74, 6) is 0.254. The maximum atomic E-state index is 12.1. The fourth-order valence-electron chi connectivity index (χ4n) is 2.01. The lowest BCUT2D eigenvalue weighted by atomic mass is 10.0. The van der Waals surface area contributed by atoms with Crippen LogP contribution in [0.4, 0.5) is 0 Å². The van der Waals surface area contributed by atoms with Crippen molar-refractivity contribution >= 4 is 17.2 Å². The molecule has 2 rings (SSSR count). The molecule has 5 heteroatoms. The third-order valence-corrected chi connectivity index (χ3v) is 4.15. The standard InChI is InChI=1S/C12H19N3OS/c1-7(2)11(13)12(16)15-5-4-9-10(6-15)17-8(3)14-9/h7,11H,4-6,13H2,1-3H3. The summed E-state index contributed by atoms with van der Waals surface area (Å²) in [6.45, 7) is 7.40. The van der Waals surface area contributed by atoms with E-state index in [0.29, 0.717) is 6.54 Å². The number of nitrogens with two attached hydrogens (primary N) is 1. The van der Waals surface area contributed by atoms with Crippen LogP contribution in [-0.2, 0) is 17.8 Å². The van der Waals surface area contributed by atoms with E-state index < -0.39 is 0 Å². The average molecular weight is 253 g/mol. The summed E-state index contributed by atoms with van der Waals surface area (Å²) < 4.78 is 0. The van der Waals surface area contributed by atoms with Gasteiger partial charge in [-0.15, -0.1) is 11.3 Å². The lowest BCUT2D eigenvalue weighted by molar-refractivity contribution is -0.134. The summed E-state index contributed by atoms with van der Waals surface area (Å²) in [5, 5.41) is 1.08. The number of hydrogen-bond donors (Lipinski definition) is 1. The molecule has 2 heterocycles. The molecule has 0 radical (unpaired) electrons. The Bertz CT molecular complexity index is 427. The largest absolute Gasteiger partial charge is 0.336 e. The van der Waals surface area contributed by atoms with E-state index in [-0.39, 0.29) is 17.9 Å². The molecule has 17 heavy (non-hydrogen) atoms. The number of aryl methyl sites for hydroxylation is 1. The van der Waals surface area contributed by atoms with Crippen LogP contribution in [0.15, 0.2) is 0 Å². The minimum absolute atomic E-state index is 0.0664. The Hall–Kier alpha value is -0.940. The van der Waals surface area contributed by atoms with Gasteiger partial charge in [-0.25, -0.2) is 4.98 Å². The van der Waals surface area contributed by atoms with Crippen molar-refractivity contribution in [3.05, 3.63) is 15.6 Å². The molecule has 0 fully saturated rings. The molecule has 1 atom stereocenters. The van der Waals surface area contributed by atoms with Crippen LogP contribution in [0.1, 0.15) is 29.4 Å². The zero-order valence-corrected chi connectivity index (χ0v) is 11.4. The number of nitrogens with zero attached hydrogens (tertiary/aromatic N) is 2. The Labute approximate surface area is 106 Å². The topological polar surface area (TPSA) is 59.2 Å². The van der Waals surface area contributed by atoms with Crippen molar-refractivity contribution in [1.29, 1.82) is 0 Å². The number of hydrogen-bond acceptors (Lipinski definition) is 4. The summed E-state index contributed by atoms with van der Waals surface area (Å²) in [7, 11) is 0. The van der Waals surface area contributed by atoms with Gasteiger partial charge in [0.25, 0.3) is 0 Å². The third kappa shape index (κ3) is 2.50. The fourth-order valence-corrected chi connectivity index (χ4v) is 3.01.